The lowest BCUT2D eigenvalue weighted by molar-refractivity contribution is 0.663. The van der Waals surface area contributed by atoms with Gasteiger partial charge in [0, 0.05) is 23.8 Å². The molecule has 0 bridgehead atoms. The van der Waals surface area contributed by atoms with E-state index in [-0.39, 0.29) is 0 Å². The summed E-state index contributed by atoms with van der Waals surface area (Å²) in [7, 11) is 0. The zero-order valence-electron chi connectivity index (χ0n) is 8.66. The van der Waals surface area contributed by atoms with Crippen LogP contribution in [0.5, 0.6) is 0 Å². The summed E-state index contributed by atoms with van der Waals surface area (Å²) < 4.78 is 1.98. The molecule has 3 nitrogen and oxygen atoms in total. The van der Waals surface area contributed by atoms with Crippen LogP contribution in [0.3, 0.4) is 0 Å². The molecule has 1 aliphatic carbocycles. The molecule has 1 aromatic heterocycles. The van der Waals surface area contributed by atoms with Crippen molar-refractivity contribution in [1.82, 2.24) is 15.1 Å². The molecule has 0 unspecified atom stereocenters. The van der Waals surface area contributed by atoms with Crippen LogP contribution in [0.25, 0.3) is 0 Å². The first kappa shape index (κ1) is 9.46. The molecule has 1 aromatic rings. The van der Waals surface area contributed by atoms with Crippen LogP contribution in [-0.2, 0) is 13.1 Å². The minimum absolute atomic E-state index is 0.761. The van der Waals surface area contributed by atoms with E-state index in [0.29, 0.717) is 0 Å². The molecular weight excluding hydrogens is 174 g/mol. The summed E-state index contributed by atoms with van der Waals surface area (Å²) in [5, 5.41) is 7.80. The van der Waals surface area contributed by atoms with Crippen LogP contribution in [0.2, 0.25) is 0 Å². The number of hydrogen-bond donors (Lipinski definition) is 1. The fourth-order valence-electron chi connectivity index (χ4n) is 1.51. The normalized spacial score (nSPS) is 15.8. The molecule has 76 valence electrons. The number of rotatable bonds is 5. The maximum Gasteiger partial charge on any atom is 0.0590 e. The summed E-state index contributed by atoms with van der Waals surface area (Å²) in [6, 6.07) is 0.761. The third-order valence-electron chi connectivity index (χ3n) is 2.67. The predicted octanol–water partition coefficient (Wildman–Crippen LogP) is 1.63. The van der Waals surface area contributed by atoms with Gasteiger partial charge in [-0.2, -0.15) is 5.10 Å². The fourth-order valence-corrected chi connectivity index (χ4v) is 1.51. The lowest BCUT2D eigenvalue weighted by Crippen LogP contribution is -2.15. The molecule has 0 aliphatic heterocycles. The van der Waals surface area contributed by atoms with Crippen LogP contribution in [0, 0.1) is 6.92 Å². The fraction of sp³-hybridized carbons (Fsp3) is 0.545. The van der Waals surface area contributed by atoms with Crippen molar-refractivity contribution in [3.63, 3.8) is 0 Å². The lowest BCUT2D eigenvalue weighted by Gasteiger charge is -2.03. The minimum atomic E-state index is 0.761. The molecule has 1 aliphatic rings. The Hall–Kier alpha value is -1.09. The Balaban J connectivity index is 1.97. The second kappa shape index (κ2) is 3.96. The number of aromatic nitrogens is 2. The van der Waals surface area contributed by atoms with Gasteiger partial charge in [0.15, 0.2) is 0 Å². The number of hydrogen-bond acceptors (Lipinski definition) is 2. The molecule has 1 N–H and O–H groups in total. The molecule has 0 amide bonds. The van der Waals surface area contributed by atoms with Gasteiger partial charge in [0.05, 0.1) is 12.7 Å². The average molecular weight is 191 g/mol. The van der Waals surface area contributed by atoms with Gasteiger partial charge in [-0.05, 0) is 19.8 Å². The number of nitrogens with zero attached hydrogens (tertiary/aromatic N) is 2. The van der Waals surface area contributed by atoms with Crippen LogP contribution in [0.15, 0.2) is 18.9 Å². The van der Waals surface area contributed by atoms with Crippen molar-refractivity contribution in [2.45, 2.75) is 38.9 Å². The van der Waals surface area contributed by atoms with E-state index in [0.717, 1.165) is 19.1 Å². The Labute approximate surface area is 84.8 Å². The van der Waals surface area contributed by atoms with E-state index in [1.54, 1.807) is 0 Å². The van der Waals surface area contributed by atoms with Crippen LogP contribution in [-0.4, -0.2) is 15.8 Å². The second-order valence-electron chi connectivity index (χ2n) is 3.88. The van der Waals surface area contributed by atoms with Crippen molar-refractivity contribution in [1.29, 1.82) is 0 Å². The smallest absolute Gasteiger partial charge is 0.0590 e. The van der Waals surface area contributed by atoms with Gasteiger partial charge in [-0.1, -0.05) is 6.08 Å². The third kappa shape index (κ3) is 2.04. The first-order valence-corrected chi connectivity index (χ1v) is 5.17. The van der Waals surface area contributed by atoms with E-state index >= 15 is 0 Å². The van der Waals surface area contributed by atoms with Crippen molar-refractivity contribution in [2.24, 2.45) is 0 Å². The number of allylic oxidation sites excluding steroid dienone is 1. The van der Waals surface area contributed by atoms with E-state index < -0.39 is 0 Å². The minimum Gasteiger partial charge on any atom is -0.310 e. The van der Waals surface area contributed by atoms with Crippen molar-refractivity contribution in [3.8, 4) is 0 Å². The summed E-state index contributed by atoms with van der Waals surface area (Å²) in [6.45, 7) is 7.58. The Morgan fingerprint density at radius 1 is 1.71 bits per heavy atom. The van der Waals surface area contributed by atoms with Gasteiger partial charge < -0.3 is 5.32 Å². The van der Waals surface area contributed by atoms with Gasteiger partial charge >= 0.3 is 0 Å². The average Bonchev–Trinajstić information content (AvgIpc) is 2.94. The van der Waals surface area contributed by atoms with Crippen LogP contribution in [0.4, 0.5) is 0 Å². The summed E-state index contributed by atoms with van der Waals surface area (Å²) in [4.78, 5) is 0. The van der Waals surface area contributed by atoms with Crippen LogP contribution < -0.4 is 5.32 Å². The first-order valence-electron chi connectivity index (χ1n) is 5.17. The number of nitrogens with one attached hydrogen (secondary N) is 1. The van der Waals surface area contributed by atoms with E-state index in [1.165, 1.54) is 24.1 Å². The molecule has 0 radical (unpaired) electrons. The quantitative estimate of drug-likeness (QED) is 0.717. The summed E-state index contributed by atoms with van der Waals surface area (Å²) in [6.07, 6.45) is 6.49. The van der Waals surface area contributed by atoms with Crippen LogP contribution in [0.1, 0.15) is 24.1 Å². The van der Waals surface area contributed by atoms with Gasteiger partial charge in [-0.25, -0.2) is 0 Å². The third-order valence-corrected chi connectivity index (χ3v) is 2.67. The van der Waals surface area contributed by atoms with E-state index in [1.807, 2.05) is 17.0 Å². The van der Waals surface area contributed by atoms with Gasteiger partial charge in [0.1, 0.15) is 0 Å². The topological polar surface area (TPSA) is 29.9 Å². The Morgan fingerprint density at radius 2 is 2.50 bits per heavy atom. The highest BCUT2D eigenvalue weighted by molar-refractivity contribution is 5.16. The SMILES string of the molecule is C=CCn1ncc(CNC2CC2)c1C. The molecule has 0 atom stereocenters. The molecule has 0 spiro atoms. The highest BCUT2D eigenvalue weighted by Crippen LogP contribution is 2.19. The Morgan fingerprint density at radius 3 is 3.14 bits per heavy atom. The maximum atomic E-state index is 4.31. The van der Waals surface area contributed by atoms with E-state index in [2.05, 4.69) is 23.9 Å². The van der Waals surface area contributed by atoms with Crippen molar-refractivity contribution in [3.05, 3.63) is 30.1 Å². The molecule has 0 aromatic carbocycles. The van der Waals surface area contributed by atoms with Gasteiger partial charge in [-0.3, -0.25) is 4.68 Å². The standard InChI is InChI=1S/C11H17N3/c1-3-6-14-9(2)10(8-13-14)7-12-11-4-5-11/h3,8,11-12H,1,4-7H2,2H3. The first-order chi connectivity index (χ1) is 6.81. The largest absolute Gasteiger partial charge is 0.310 e. The molecule has 3 heteroatoms. The summed E-state index contributed by atoms with van der Waals surface area (Å²) in [5.74, 6) is 0. The van der Waals surface area contributed by atoms with Crippen molar-refractivity contribution in [2.75, 3.05) is 0 Å². The highest BCUT2D eigenvalue weighted by atomic mass is 15.3. The molecule has 1 fully saturated rings. The zero-order valence-corrected chi connectivity index (χ0v) is 8.66. The molecule has 2 rings (SSSR count). The van der Waals surface area contributed by atoms with E-state index in [4.69, 9.17) is 0 Å². The summed E-state index contributed by atoms with van der Waals surface area (Å²) in [5.41, 5.74) is 2.55. The van der Waals surface area contributed by atoms with Crippen molar-refractivity contribution < 1.29 is 0 Å². The molecule has 14 heavy (non-hydrogen) atoms. The van der Waals surface area contributed by atoms with Gasteiger partial charge in [0.2, 0.25) is 0 Å². The van der Waals surface area contributed by atoms with Crippen LogP contribution >= 0.6 is 0 Å². The molecule has 1 heterocycles. The zero-order chi connectivity index (χ0) is 9.97. The Bertz CT molecular complexity index is 323. The lowest BCUT2D eigenvalue weighted by atomic mass is 10.2. The highest BCUT2D eigenvalue weighted by Gasteiger charge is 2.20. The second-order valence-corrected chi connectivity index (χ2v) is 3.88. The Kier molecular flexibility index (Phi) is 2.68. The maximum absolute atomic E-state index is 4.31. The molecule has 1 saturated carbocycles. The van der Waals surface area contributed by atoms with E-state index in [9.17, 15) is 0 Å². The molecule has 0 saturated heterocycles. The monoisotopic (exact) mass is 191 g/mol. The molecular formula is C11H17N3. The predicted molar refractivity (Wildman–Crippen MR) is 57.0 cm³/mol. The van der Waals surface area contributed by atoms with Gasteiger partial charge in [0.25, 0.3) is 0 Å². The summed E-state index contributed by atoms with van der Waals surface area (Å²) >= 11 is 0. The van der Waals surface area contributed by atoms with Crippen molar-refractivity contribution >= 4 is 0 Å². The van der Waals surface area contributed by atoms with Gasteiger partial charge in [-0.15, -0.1) is 6.58 Å².